The highest BCUT2D eigenvalue weighted by molar-refractivity contribution is 5.90. The van der Waals surface area contributed by atoms with Crippen LogP contribution in [0.2, 0.25) is 0 Å². The Bertz CT molecular complexity index is 942. The van der Waals surface area contributed by atoms with Gasteiger partial charge in [-0.1, -0.05) is 35.4 Å². The van der Waals surface area contributed by atoms with Gasteiger partial charge in [0.2, 0.25) is 0 Å². The molecule has 30 heavy (non-hydrogen) atoms. The predicted octanol–water partition coefficient (Wildman–Crippen LogP) is 4.92. The van der Waals surface area contributed by atoms with Crippen LogP contribution in [0.1, 0.15) is 46.8 Å². The van der Waals surface area contributed by atoms with E-state index < -0.39 is 0 Å². The number of carbonyl (C=O) groups is 1. The Morgan fingerprint density at radius 2 is 2.13 bits per heavy atom. The van der Waals surface area contributed by atoms with Gasteiger partial charge in [0.15, 0.2) is 0 Å². The minimum absolute atomic E-state index is 0.246. The molecule has 0 aliphatic carbocycles. The third kappa shape index (κ3) is 4.13. The summed E-state index contributed by atoms with van der Waals surface area (Å²) in [6.07, 6.45) is 2.91. The number of azide groups is 1. The number of anilines is 1. The van der Waals surface area contributed by atoms with E-state index in [2.05, 4.69) is 44.5 Å². The van der Waals surface area contributed by atoms with E-state index in [4.69, 9.17) is 10.3 Å². The van der Waals surface area contributed by atoms with Gasteiger partial charge in [0.25, 0.3) is 0 Å². The molecule has 156 valence electrons. The molecule has 1 N–H and O–H groups in total. The highest BCUT2D eigenvalue weighted by Gasteiger charge is 2.43. The second-order valence-electron chi connectivity index (χ2n) is 7.99. The van der Waals surface area contributed by atoms with E-state index in [1.54, 1.807) is 0 Å². The monoisotopic (exact) mass is 405 g/mol. The summed E-state index contributed by atoms with van der Waals surface area (Å²) in [5, 5.41) is 7.39. The molecule has 2 aliphatic rings. The first kappa shape index (κ1) is 20.3. The summed E-state index contributed by atoms with van der Waals surface area (Å²) in [6, 6.07) is 16.9. The largest absolute Gasteiger partial charge is 0.465 e. The van der Waals surface area contributed by atoms with Gasteiger partial charge in [-0.05, 0) is 60.7 Å². The van der Waals surface area contributed by atoms with Crippen LogP contribution >= 0.6 is 0 Å². The van der Waals surface area contributed by atoms with Crippen LogP contribution in [0.4, 0.5) is 5.69 Å². The Balaban J connectivity index is 1.64. The molecule has 0 radical (unpaired) electrons. The molecule has 3 atom stereocenters. The number of fused-ring (bicyclic) bond motifs is 3. The van der Waals surface area contributed by atoms with E-state index in [9.17, 15) is 4.79 Å². The van der Waals surface area contributed by atoms with Gasteiger partial charge in [-0.15, -0.1) is 0 Å². The molecule has 0 bridgehead atoms. The van der Waals surface area contributed by atoms with Crippen molar-refractivity contribution in [2.24, 2.45) is 11.0 Å². The molecule has 1 saturated heterocycles. The van der Waals surface area contributed by atoms with Crippen molar-refractivity contribution in [3.05, 3.63) is 75.7 Å². The number of nitrogens with one attached hydrogen (secondary N) is 1. The summed E-state index contributed by atoms with van der Waals surface area (Å²) < 4.78 is 4.95. The Hall–Kier alpha value is -3.02. The highest BCUT2D eigenvalue weighted by atomic mass is 16.5. The molecule has 1 fully saturated rings. The summed E-state index contributed by atoms with van der Waals surface area (Å²) in [7, 11) is 1.42. The number of rotatable bonds is 7. The molecule has 0 saturated carbocycles. The third-order valence-electron chi connectivity index (χ3n) is 6.26. The number of benzene rings is 2. The van der Waals surface area contributed by atoms with Crippen molar-refractivity contribution in [3.63, 3.8) is 0 Å². The van der Waals surface area contributed by atoms with E-state index in [1.165, 1.54) is 18.2 Å². The first-order valence-electron chi connectivity index (χ1n) is 10.5. The maximum absolute atomic E-state index is 12.1. The third-order valence-corrected chi connectivity index (χ3v) is 6.26. The van der Waals surface area contributed by atoms with Crippen molar-refractivity contribution < 1.29 is 9.53 Å². The molecule has 2 aromatic rings. The smallest absolute Gasteiger partial charge is 0.337 e. The lowest BCUT2D eigenvalue weighted by atomic mass is 9.80. The summed E-state index contributed by atoms with van der Waals surface area (Å²) in [6.45, 7) is 2.42. The van der Waals surface area contributed by atoms with Crippen molar-refractivity contribution in [3.8, 4) is 0 Å². The van der Waals surface area contributed by atoms with Crippen molar-refractivity contribution in [1.29, 1.82) is 0 Å². The average Bonchev–Trinajstić information content (AvgIpc) is 3.20. The van der Waals surface area contributed by atoms with E-state index in [0.29, 0.717) is 24.1 Å². The zero-order valence-electron chi connectivity index (χ0n) is 17.2. The number of esters is 1. The number of methoxy groups -OCH3 is 1. The molecular formula is C23H27N5O2. The maximum Gasteiger partial charge on any atom is 0.337 e. The molecule has 0 unspecified atom stereocenters. The first-order valence-corrected chi connectivity index (χ1v) is 10.5. The fourth-order valence-electron chi connectivity index (χ4n) is 4.93. The zero-order valence-corrected chi connectivity index (χ0v) is 17.2. The molecule has 7 heteroatoms. The number of hydrogen-bond donors (Lipinski definition) is 1. The quantitative estimate of drug-likeness (QED) is 0.233. The van der Waals surface area contributed by atoms with Gasteiger partial charge < -0.3 is 10.1 Å². The zero-order chi connectivity index (χ0) is 20.9. The fraction of sp³-hybridized carbons (Fsp3) is 0.435. The average molecular weight is 406 g/mol. The predicted molar refractivity (Wildman–Crippen MR) is 116 cm³/mol. The van der Waals surface area contributed by atoms with Gasteiger partial charge in [0, 0.05) is 41.7 Å². The normalized spacial score (nSPS) is 22.4. The lowest BCUT2D eigenvalue weighted by molar-refractivity contribution is 0.0600. The Labute approximate surface area is 176 Å². The minimum Gasteiger partial charge on any atom is -0.465 e. The number of carbonyl (C=O) groups excluding carboxylic acids is 1. The van der Waals surface area contributed by atoms with E-state index in [-0.39, 0.29) is 12.0 Å². The molecule has 4 rings (SSSR count). The van der Waals surface area contributed by atoms with E-state index >= 15 is 0 Å². The van der Waals surface area contributed by atoms with Gasteiger partial charge in [0.1, 0.15) is 0 Å². The lowest BCUT2D eigenvalue weighted by Crippen LogP contribution is -2.39. The molecule has 7 nitrogen and oxygen atoms in total. The van der Waals surface area contributed by atoms with Gasteiger partial charge in [-0.2, -0.15) is 0 Å². The highest BCUT2D eigenvalue weighted by Crippen LogP contribution is 2.48. The molecule has 2 heterocycles. The summed E-state index contributed by atoms with van der Waals surface area (Å²) in [4.78, 5) is 17.5. The van der Waals surface area contributed by atoms with Crippen molar-refractivity contribution in [2.75, 3.05) is 25.5 Å². The molecule has 2 aliphatic heterocycles. The minimum atomic E-state index is -0.307. The summed E-state index contributed by atoms with van der Waals surface area (Å²) in [5.41, 5.74) is 12.7. The van der Waals surface area contributed by atoms with Crippen molar-refractivity contribution >= 4 is 11.7 Å². The second-order valence-corrected chi connectivity index (χ2v) is 7.99. The van der Waals surface area contributed by atoms with Gasteiger partial charge in [-0.25, -0.2) is 4.79 Å². The van der Waals surface area contributed by atoms with E-state index in [1.807, 2.05) is 24.3 Å². The SMILES string of the molecule is COC(=O)c1ccc2c(c1)[C@@H]1[C@@H](CCN1Cc1ccccc1)[C@H](CCCN=[N+]=[N-])N2. The van der Waals surface area contributed by atoms with Gasteiger partial charge in [0.05, 0.1) is 12.7 Å². The fourth-order valence-corrected chi connectivity index (χ4v) is 4.93. The summed E-state index contributed by atoms with van der Waals surface area (Å²) >= 11 is 0. The second kappa shape index (κ2) is 9.20. The van der Waals surface area contributed by atoms with Crippen molar-refractivity contribution in [2.45, 2.75) is 37.9 Å². The Kier molecular flexibility index (Phi) is 6.21. The van der Waals surface area contributed by atoms with Gasteiger partial charge in [-0.3, -0.25) is 4.90 Å². The molecule has 0 spiro atoms. The van der Waals surface area contributed by atoms with E-state index in [0.717, 1.165) is 38.0 Å². The molecule has 0 aromatic heterocycles. The number of hydrogen-bond acceptors (Lipinski definition) is 5. The van der Waals surface area contributed by atoms with Crippen LogP contribution in [0.15, 0.2) is 53.6 Å². The molecule has 2 aromatic carbocycles. The Morgan fingerprint density at radius 3 is 2.90 bits per heavy atom. The van der Waals surface area contributed by atoms with Crippen LogP contribution in [0.25, 0.3) is 10.4 Å². The number of ether oxygens (including phenoxy) is 1. The van der Waals surface area contributed by atoms with Crippen LogP contribution in [0.5, 0.6) is 0 Å². The van der Waals surface area contributed by atoms with Crippen molar-refractivity contribution in [1.82, 2.24) is 4.90 Å². The van der Waals surface area contributed by atoms with Crippen LogP contribution in [-0.2, 0) is 11.3 Å². The van der Waals surface area contributed by atoms with Crippen LogP contribution < -0.4 is 5.32 Å². The summed E-state index contributed by atoms with van der Waals surface area (Å²) in [5.74, 6) is 0.138. The van der Waals surface area contributed by atoms with Crippen LogP contribution in [-0.4, -0.2) is 37.1 Å². The molecular weight excluding hydrogens is 378 g/mol. The maximum atomic E-state index is 12.1. The van der Waals surface area contributed by atoms with Gasteiger partial charge >= 0.3 is 5.97 Å². The lowest BCUT2D eigenvalue weighted by Gasteiger charge is -2.40. The topological polar surface area (TPSA) is 90.3 Å². The van der Waals surface area contributed by atoms with Crippen LogP contribution in [0, 0.1) is 5.92 Å². The number of likely N-dealkylation sites (tertiary alicyclic amines) is 1. The van der Waals surface area contributed by atoms with Crippen LogP contribution in [0.3, 0.4) is 0 Å². The first-order chi connectivity index (χ1) is 14.7. The Morgan fingerprint density at radius 1 is 1.30 bits per heavy atom. The number of nitrogens with zero attached hydrogens (tertiary/aromatic N) is 4. The molecule has 0 amide bonds. The standard InChI is InChI=1S/C23H27N5O2/c1-30-23(29)17-9-10-21-19(14-17)22-18(20(26-21)8-5-12-25-27-24)11-13-28(22)15-16-6-3-2-4-7-16/h2-4,6-7,9-10,14,18,20,22,26H,5,8,11-13,15H2,1H3/t18-,20-,22-/m0/s1.